The van der Waals surface area contributed by atoms with E-state index in [1.165, 1.54) is 6.42 Å². The van der Waals surface area contributed by atoms with Crippen molar-refractivity contribution in [2.24, 2.45) is 11.1 Å². The standard InChI is InChI=1S/C8H17NO/c1-3-8(2)4-7(5-9)10-6-8/h7H,3-6,9H2,1-2H3/t7-,8+/m0/s1. The van der Waals surface area contributed by atoms with Crippen LogP contribution in [0.15, 0.2) is 0 Å². The normalized spacial score (nSPS) is 40.5. The number of rotatable bonds is 2. The van der Waals surface area contributed by atoms with Gasteiger partial charge in [-0.15, -0.1) is 0 Å². The van der Waals surface area contributed by atoms with Crippen molar-refractivity contribution in [2.75, 3.05) is 13.2 Å². The van der Waals surface area contributed by atoms with Gasteiger partial charge in [-0.3, -0.25) is 0 Å². The molecule has 0 radical (unpaired) electrons. The van der Waals surface area contributed by atoms with Gasteiger partial charge in [0.1, 0.15) is 0 Å². The zero-order valence-electron chi connectivity index (χ0n) is 6.89. The topological polar surface area (TPSA) is 35.2 Å². The fraction of sp³-hybridized carbons (Fsp3) is 1.00. The molecule has 1 aliphatic heterocycles. The highest BCUT2D eigenvalue weighted by Crippen LogP contribution is 2.34. The minimum atomic E-state index is 0.324. The molecule has 0 aromatic heterocycles. The summed E-state index contributed by atoms with van der Waals surface area (Å²) in [6.45, 7) is 6.05. The molecule has 1 fully saturated rings. The largest absolute Gasteiger partial charge is 0.376 e. The van der Waals surface area contributed by atoms with E-state index >= 15 is 0 Å². The predicted octanol–water partition coefficient (Wildman–Crippen LogP) is 1.15. The first-order valence-corrected chi connectivity index (χ1v) is 4.02. The Hall–Kier alpha value is -0.0800. The van der Waals surface area contributed by atoms with E-state index in [4.69, 9.17) is 10.5 Å². The van der Waals surface area contributed by atoms with Crippen molar-refractivity contribution in [3.63, 3.8) is 0 Å². The van der Waals surface area contributed by atoms with E-state index in [0.29, 0.717) is 18.1 Å². The first-order chi connectivity index (χ1) is 4.70. The number of hydrogen-bond donors (Lipinski definition) is 1. The van der Waals surface area contributed by atoms with Gasteiger partial charge in [-0.2, -0.15) is 0 Å². The molecule has 10 heavy (non-hydrogen) atoms. The van der Waals surface area contributed by atoms with Crippen LogP contribution in [0.4, 0.5) is 0 Å². The Kier molecular flexibility index (Phi) is 2.32. The van der Waals surface area contributed by atoms with Crippen molar-refractivity contribution in [3.05, 3.63) is 0 Å². The van der Waals surface area contributed by atoms with Crippen molar-refractivity contribution in [3.8, 4) is 0 Å². The number of nitrogens with two attached hydrogens (primary N) is 1. The van der Waals surface area contributed by atoms with Crippen LogP contribution in [0.1, 0.15) is 26.7 Å². The summed E-state index contributed by atoms with van der Waals surface area (Å²) in [6.07, 6.45) is 2.66. The van der Waals surface area contributed by atoms with Gasteiger partial charge in [-0.1, -0.05) is 13.8 Å². The Morgan fingerprint density at radius 2 is 2.40 bits per heavy atom. The fourth-order valence-electron chi connectivity index (χ4n) is 1.38. The molecule has 0 aromatic rings. The SMILES string of the molecule is CC[C@@]1(C)CO[C@H](CN)C1. The van der Waals surface area contributed by atoms with E-state index in [9.17, 15) is 0 Å². The van der Waals surface area contributed by atoms with Crippen LogP contribution in [0.2, 0.25) is 0 Å². The van der Waals surface area contributed by atoms with Crippen LogP contribution in [0.25, 0.3) is 0 Å². The molecule has 1 rings (SSSR count). The van der Waals surface area contributed by atoms with Gasteiger partial charge in [-0.25, -0.2) is 0 Å². The molecule has 0 amide bonds. The van der Waals surface area contributed by atoms with Crippen molar-refractivity contribution < 1.29 is 4.74 Å². The third-order valence-electron chi connectivity index (χ3n) is 2.50. The lowest BCUT2D eigenvalue weighted by molar-refractivity contribution is 0.102. The molecule has 60 valence electrons. The lowest BCUT2D eigenvalue weighted by atomic mass is 9.85. The molecule has 0 bridgehead atoms. The van der Waals surface area contributed by atoms with Gasteiger partial charge in [0.05, 0.1) is 12.7 Å². The summed E-state index contributed by atoms with van der Waals surface area (Å²) in [6, 6.07) is 0. The van der Waals surface area contributed by atoms with Crippen molar-refractivity contribution in [1.82, 2.24) is 0 Å². The predicted molar refractivity (Wildman–Crippen MR) is 41.8 cm³/mol. The van der Waals surface area contributed by atoms with Crippen LogP contribution in [-0.2, 0) is 4.74 Å². The molecule has 1 aliphatic rings. The third kappa shape index (κ3) is 1.50. The molecule has 2 N–H and O–H groups in total. The van der Waals surface area contributed by atoms with Crippen LogP contribution in [0.3, 0.4) is 0 Å². The Labute approximate surface area is 62.7 Å². The molecule has 0 spiro atoms. The summed E-state index contributed by atoms with van der Waals surface area (Å²) in [5.74, 6) is 0. The Bertz CT molecular complexity index is 116. The monoisotopic (exact) mass is 143 g/mol. The molecule has 0 aliphatic carbocycles. The number of hydrogen-bond acceptors (Lipinski definition) is 2. The quantitative estimate of drug-likeness (QED) is 0.629. The van der Waals surface area contributed by atoms with E-state index in [1.807, 2.05) is 0 Å². The van der Waals surface area contributed by atoms with Crippen LogP contribution in [-0.4, -0.2) is 19.3 Å². The second-order valence-corrected chi connectivity index (χ2v) is 3.54. The first-order valence-electron chi connectivity index (χ1n) is 4.02. The van der Waals surface area contributed by atoms with Crippen LogP contribution >= 0.6 is 0 Å². The van der Waals surface area contributed by atoms with E-state index in [2.05, 4.69) is 13.8 Å². The van der Waals surface area contributed by atoms with Gasteiger partial charge in [0, 0.05) is 6.54 Å². The third-order valence-corrected chi connectivity index (χ3v) is 2.50. The molecule has 0 saturated carbocycles. The van der Waals surface area contributed by atoms with E-state index in [-0.39, 0.29) is 0 Å². The van der Waals surface area contributed by atoms with E-state index < -0.39 is 0 Å². The van der Waals surface area contributed by atoms with E-state index in [1.54, 1.807) is 0 Å². The van der Waals surface area contributed by atoms with Gasteiger partial charge in [-0.05, 0) is 18.3 Å². The maximum atomic E-state index is 5.48. The Morgan fingerprint density at radius 3 is 2.70 bits per heavy atom. The molecule has 1 saturated heterocycles. The van der Waals surface area contributed by atoms with Gasteiger partial charge in [0.15, 0.2) is 0 Å². The van der Waals surface area contributed by atoms with E-state index in [0.717, 1.165) is 13.0 Å². The molecule has 2 nitrogen and oxygen atoms in total. The second kappa shape index (κ2) is 2.89. The summed E-state index contributed by atoms with van der Waals surface area (Å²) in [4.78, 5) is 0. The molecule has 0 unspecified atom stereocenters. The minimum absolute atomic E-state index is 0.324. The van der Waals surface area contributed by atoms with Crippen LogP contribution < -0.4 is 5.73 Å². The van der Waals surface area contributed by atoms with Crippen molar-refractivity contribution in [1.29, 1.82) is 0 Å². The fourth-order valence-corrected chi connectivity index (χ4v) is 1.38. The summed E-state index contributed by atoms with van der Waals surface area (Å²) in [5, 5.41) is 0. The molecule has 0 aromatic carbocycles. The number of ether oxygens (including phenoxy) is 1. The van der Waals surface area contributed by atoms with Gasteiger partial charge >= 0.3 is 0 Å². The van der Waals surface area contributed by atoms with Crippen LogP contribution in [0.5, 0.6) is 0 Å². The van der Waals surface area contributed by atoms with Crippen molar-refractivity contribution >= 4 is 0 Å². The lowest BCUT2D eigenvalue weighted by Crippen LogP contribution is -2.20. The Morgan fingerprint density at radius 1 is 1.70 bits per heavy atom. The highest BCUT2D eigenvalue weighted by molar-refractivity contribution is 4.83. The summed E-state index contributed by atoms with van der Waals surface area (Å²) < 4.78 is 5.48. The average molecular weight is 143 g/mol. The molecule has 2 atom stereocenters. The maximum absolute atomic E-state index is 5.48. The second-order valence-electron chi connectivity index (χ2n) is 3.54. The molecular weight excluding hydrogens is 126 g/mol. The summed E-state index contributed by atoms with van der Waals surface area (Å²) in [7, 11) is 0. The zero-order chi connectivity index (χ0) is 7.61. The van der Waals surface area contributed by atoms with Crippen LogP contribution in [0, 0.1) is 5.41 Å². The molecule has 1 heterocycles. The first kappa shape index (κ1) is 8.02. The smallest absolute Gasteiger partial charge is 0.0703 e. The molecular formula is C8H17NO. The molecule has 2 heteroatoms. The zero-order valence-corrected chi connectivity index (χ0v) is 6.89. The Balaban J connectivity index is 2.41. The summed E-state index contributed by atoms with van der Waals surface area (Å²) >= 11 is 0. The van der Waals surface area contributed by atoms with Crippen molar-refractivity contribution in [2.45, 2.75) is 32.8 Å². The van der Waals surface area contributed by atoms with Gasteiger partial charge in [0.25, 0.3) is 0 Å². The minimum Gasteiger partial charge on any atom is -0.376 e. The lowest BCUT2D eigenvalue weighted by Gasteiger charge is -2.18. The highest BCUT2D eigenvalue weighted by atomic mass is 16.5. The van der Waals surface area contributed by atoms with Gasteiger partial charge in [0.2, 0.25) is 0 Å². The average Bonchev–Trinajstić information content (AvgIpc) is 2.33. The summed E-state index contributed by atoms with van der Waals surface area (Å²) in [5.41, 5.74) is 5.89. The maximum Gasteiger partial charge on any atom is 0.0703 e. The van der Waals surface area contributed by atoms with Gasteiger partial charge < -0.3 is 10.5 Å². The highest BCUT2D eigenvalue weighted by Gasteiger charge is 2.33.